The number of hydrogen-bond acceptors (Lipinski definition) is 3. The van der Waals surface area contributed by atoms with E-state index >= 15 is 0 Å². The predicted octanol–water partition coefficient (Wildman–Crippen LogP) is 17.9. The summed E-state index contributed by atoms with van der Waals surface area (Å²) in [5.41, 5.74) is 0. The van der Waals surface area contributed by atoms with Crippen molar-refractivity contribution in [2.24, 2.45) is 0 Å². The fraction of sp³-hybridized carbons (Fsp3) is 0.842. The number of carbonyl (C=O) groups excluding carboxylic acids is 1. The summed E-state index contributed by atoms with van der Waals surface area (Å²) in [5, 5.41) is 23.1. The Morgan fingerprint density at radius 3 is 0.951 bits per heavy atom. The first-order valence-electron chi connectivity index (χ1n) is 27.4. The summed E-state index contributed by atoms with van der Waals surface area (Å²) >= 11 is 0. The van der Waals surface area contributed by atoms with Gasteiger partial charge in [0.15, 0.2) is 0 Å². The van der Waals surface area contributed by atoms with Gasteiger partial charge in [0.2, 0.25) is 5.91 Å². The maximum atomic E-state index is 12.5. The molecule has 358 valence electrons. The van der Waals surface area contributed by atoms with Crippen molar-refractivity contribution < 1.29 is 15.0 Å². The van der Waals surface area contributed by atoms with E-state index in [-0.39, 0.29) is 12.5 Å². The van der Waals surface area contributed by atoms with Gasteiger partial charge in [-0.3, -0.25) is 4.79 Å². The molecule has 0 bridgehead atoms. The standard InChI is InChI=1S/C57H107NO3/c1-3-5-7-9-11-13-15-17-19-21-23-24-25-26-27-28-29-30-31-32-33-35-37-39-41-43-45-47-49-51-53-57(61)58-55(54-59)56(60)52-50-48-46-44-42-40-38-36-34-22-20-18-16-14-12-10-8-6-4-2/h26-27,34,36,42,44,50,52,55-56,59-60H,3-25,28-33,35,37-41,43,45-49,51,53-54H2,1-2H3,(H,58,61)/b27-26-,36-34+,44-42+,52-50+. The van der Waals surface area contributed by atoms with Gasteiger partial charge in [-0.05, 0) is 70.6 Å². The summed E-state index contributed by atoms with van der Waals surface area (Å²) in [5.74, 6) is -0.0753. The molecule has 3 N–H and O–H groups in total. The van der Waals surface area contributed by atoms with E-state index in [4.69, 9.17) is 0 Å². The van der Waals surface area contributed by atoms with Crippen LogP contribution in [0.25, 0.3) is 0 Å². The Morgan fingerprint density at radius 1 is 0.377 bits per heavy atom. The molecule has 61 heavy (non-hydrogen) atoms. The molecule has 0 spiro atoms. The zero-order valence-corrected chi connectivity index (χ0v) is 41.2. The van der Waals surface area contributed by atoms with Crippen LogP contribution >= 0.6 is 0 Å². The summed E-state index contributed by atoms with van der Waals surface area (Å²) in [7, 11) is 0. The molecule has 0 rings (SSSR count). The zero-order chi connectivity index (χ0) is 44.2. The number of aliphatic hydroxyl groups excluding tert-OH is 2. The summed E-state index contributed by atoms with van der Waals surface area (Å²) in [6.07, 6.45) is 72.7. The molecule has 4 heteroatoms. The van der Waals surface area contributed by atoms with Crippen molar-refractivity contribution >= 4 is 5.91 Å². The molecule has 1 amide bonds. The Morgan fingerprint density at radius 2 is 0.639 bits per heavy atom. The van der Waals surface area contributed by atoms with Crippen LogP contribution in [-0.4, -0.2) is 34.9 Å². The third-order valence-electron chi connectivity index (χ3n) is 12.5. The van der Waals surface area contributed by atoms with Crippen LogP contribution < -0.4 is 5.32 Å². The van der Waals surface area contributed by atoms with Gasteiger partial charge in [-0.1, -0.05) is 262 Å². The molecule has 0 aromatic rings. The maximum absolute atomic E-state index is 12.5. The van der Waals surface area contributed by atoms with Crippen LogP contribution in [-0.2, 0) is 4.79 Å². The number of carbonyl (C=O) groups is 1. The molecule has 0 aromatic heterocycles. The first-order chi connectivity index (χ1) is 30.2. The molecule has 0 aliphatic rings. The van der Waals surface area contributed by atoms with Crippen LogP contribution in [0.15, 0.2) is 48.6 Å². The number of rotatable bonds is 50. The normalized spacial score (nSPS) is 13.2. The molecule has 0 fully saturated rings. The number of nitrogens with one attached hydrogen (secondary N) is 1. The lowest BCUT2D eigenvalue weighted by atomic mass is 10.0. The second-order valence-electron chi connectivity index (χ2n) is 18.6. The third-order valence-corrected chi connectivity index (χ3v) is 12.5. The monoisotopic (exact) mass is 854 g/mol. The topological polar surface area (TPSA) is 69.6 Å². The molecule has 0 saturated carbocycles. The highest BCUT2D eigenvalue weighted by molar-refractivity contribution is 5.76. The lowest BCUT2D eigenvalue weighted by Gasteiger charge is -2.19. The van der Waals surface area contributed by atoms with Crippen molar-refractivity contribution in [2.45, 2.75) is 302 Å². The van der Waals surface area contributed by atoms with Gasteiger partial charge >= 0.3 is 0 Å². The summed E-state index contributed by atoms with van der Waals surface area (Å²) in [6.45, 7) is 4.31. The van der Waals surface area contributed by atoms with Gasteiger partial charge in [0.05, 0.1) is 18.8 Å². The van der Waals surface area contributed by atoms with Crippen molar-refractivity contribution in [3.05, 3.63) is 48.6 Å². The molecule has 2 atom stereocenters. The average molecular weight is 854 g/mol. The lowest BCUT2D eigenvalue weighted by Crippen LogP contribution is -2.45. The molecule has 0 aliphatic heterocycles. The van der Waals surface area contributed by atoms with E-state index in [1.165, 1.54) is 231 Å². The van der Waals surface area contributed by atoms with E-state index in [1.807, 2.05) is 6.08 Å². The van der Waals surface area contributed by atoms with Gasteiger partial charge in [0.25, 0.3) is 0 Å². The van der Waals surface area contributed by atoms with Crippen molar-refractivity contribution in [3.63, 3.8) is 0 Å². The molecule has 4 nitrogen and oxygen atoms in total. The zero-order valence-electron chi connectivity index (χ0n) is 41.2. The Bertz CT molecular complexity index is 970. The van der Waals surface area contributed by atoms with E-state index in [0.717, 1.165) is 38.5 Å². The smallest absolute Gasteiger partial charge is 0.220 e. The highest BCUT2D eigenvalue weighted by Gasteiger charge is 2.18. The molecular weight excluding hydrogens is 747 g/mol. The highest BCUT2D eigenvalue weighted by Crippen LogP contribution is 2.16. The van der Waals surface area contributed by atoms with E-state index in [1.54, 1.807) is 6.08 Å². The van der Waals surface area contributed by atoms with Crippen LogP contribution in [0.1, 0.15) is 290 Å². The molecular formula is C57H107NO3. The van der Waals surface area contributed by atoms with E-state index in [0.29, 0.717) is 6.42 Å². The van der Waals surface area contributed by atoms with Crippen LogP contribution in [0.3, 0.4) is 0 Å². The Balaban J connectivity index is 3.52. The minimum Gasteiger partial charge on any atom is -0.394 e. The Kier molecular flexibility index (Phi) is 51.3. The molecule has 0 heterocycles. The SMILES string of the molecule is CCCCCCCCCCC/C=C/CC/C=C/CC/C=C/C(O)C(CO)NC(=O)CCCCCCCCCCCCCCCC/C=C\CCCCCCCCCCCCCC. The Hall–Kier alpha value is -1.65. The van der Waals surface area contributed by atoms with Gasteiger partial charge in [0.1, 0.15) is 0 Å². The summed E-state index contributed by atoms with van der Waals surface area (Å²) in [6, 6.07) is -0.646. The third kappa shape index (κ3) is 49.2. The van der Waals surface area contributed by atoms with Crippen molar-refractivity contribution in [1.29, 1.82) is 0 Å². The van der Waals surface area contributed by atoms with Crippen molar-refractivity contribution in [3.8, 4) is 0 Å². The van der Waals surface area contributed by atoms with E-state index < -0.39 is 12.1 Å². The minimum atomic E-state index is -0.870. The molecule has 0 aromatic carbocycles. The molecule has 0 saturated heterocycles. The fourth-order valence-electron chi connectivity index (χ4n) is 8.32. The molecule has 0 aliphatic carbocycles. The van der Waals surface area contributed by atoms with Crippen molar-refractivity contribution in [1.82, 2.24) is 5.32 Å². The van der Waals surface area contributed by atoms with Gasteiger partial charge in [-0.15, -0.1) is 0 Å². The quantitative estimate of drug-likeness (QED) is 0.0422. The fourth-order valence-corrected chi connectivity index (χ4v) is 8.32. The number of allylic oxidation sites excluding steroid dienone is 7. The van der Waals surface area contributed by atoms with Gasteiger partial charge in [-0.2, -0.15) is 0 Å². The highest BCUT2D eigenvalue weighted by atomic mass is 16.3. The number of aliphatic hydroxyl groups is 2. The minimum absolute atomic E-state index is 0.0753. The second kappa shape index (κ2) is 52.7. The summed E-state index contributed by atoms with van der Waals surface area (Å²) in [4.78, 5) is 12.5. The molecule has 2 unspecified atom stereocenters. The number of unbranched alkanes of at least 4 members (excludes halogenated alkanes) is 37. The Labute approximate surface area is 382 Å². The number of hydrogen-bond donors (Lipinski definition) is 3. The average Bonchev–Trinajstić information content (AvgIpc) is 3.26. The van der Waals surface area contributed by atoms with Crippen LogP contribution in [0.5, 0.6) is 0 Å². The summed E-state index contributed by atoms with van der Waals surface area (Å²) < 4.78 is 0. The van der Waals surface area contributed by atoms with Gasteiger partial charge in [-0.25, -0.2) is 0 Å². The van der Waals surface area contributed by atoms with E-state index in [2.05, 4.69) is 55.6 Å². The lowest BCUT2D eigenvalue weighted by molar-refractivity contribution is -0.123. The largest absolute Gasteiger partial charge is 0.394 e. The molecule has 0 radical (unpaired) electrons. The number of amides is 1. The second-order valence-corrected chi connectivity index (χ2v) is 18.6. The van der Waals surface area contributed by atoms with Gasteiger partial charge in [0, 0.05) is 6.42 Å². The first kappa shape index (κ1) is 59.4. The van der Waals surface area contributed by atoms with Gasteiger partial charge < -0.3 is 15.5 Å². The van der Waals surface area contributed by atoms with Crippen molar-refractivity contribution in [2.75, 3.05) is 6.61 Å². The van der Waals surface area contributed by atoms with Crippen LogP contribution in [0.4, 0.5) is 0 Å². The predicted molar refractivity (Wildman–Crippen MR) is 271 cm³/mol. The maximum Gasteiger partial charge on any atom is 0.220 e. The van der Waals surface area contributed by atoms with E-state index in [9.17, 15) is 15.0 Å². The van der Waals surface area contributed by atoms with Crippen LogP contribution in [0.2, 0.25) is 0 Å². The van der Waals surface area contributed by atoms with Crippen LogP contribution in [0, 0.1) is 0 Å². The first-order valence-corrected chi connectivity index (χ1v) is 27.4.